The number of rotatable bonds is 2. The highest BCUT2D eigenvalue weighted by molar-refractivity contribution is 5.93. The summed E-state index contributed by atoms with van der Waals surface area (Å²) in [6.45, 7) is 12.8. The molecule has 132 valence electrons. The summed E-state index contributed by atoms with van der Waals surface area (Å²) in [5.74, 6) is 0.0443. The van der Waals surface area contributed by atoms with E-state index in [1.807, 2.05) is 17.0 Å². The van der Waals surface area contributed by atoms with E-state index in [0.29, 0.717) is 5.69 Å². The first-order valence-corrected chi connectivity index (χ1v) is 8.89. The van der Waals surface area contributed by atoms with Gasteiger partial charge in [0.15, 0.2) is 0 Å². The lowest BCUT2D eigenvalue weighted by Gasteiger charge is -2.48. The first kappa shape index (κ1) is 17.2. The average molecular weight is 331 g/mol. The summed E-state index contributed by atoms with van der Waals surface area (Å²) >= 11 is 0. The monoisotopic (exact) mass is 331 g/mol. The lowest BCUT2D eigenvalue weighted by molar-refractivity contribution is 0.0120. The fourth-order valence-electron chi connectivity index (χ4n) is 3.54. The van der Waals surface area contributed by atoms with Crippen molar-refractivity contribution in [2.24, 2.45) is 5.41 Å². The number of hydrogen-bond acceptors (Lipinski definition) is 4. The summed E-state index contributed by atoms with van der Waals surface area (Å²) in [5.41, 5.74) is 1.64. The third kappa shape index (κ3) is 3.56. The van der Waals surface area contributed by atoms with Crippen LogP contribution in [0.25, 0.3) is 0 Å². The number of piperidine rings is 1. The number of pyridine rings is 1. The fourth-order valence-corrected chi connectivity index (χ4v) is 3.54. The van der Waals surface area contributed by atoms with Crippen molar-refractivity contribution in [2.75, 3.05) is 37.7 Å². The van der Waals surface area contributed by atoms with Gasteiger partial charge in [0, 0.05) is 37.1 Å². The maximum Gasteiger partial charge on any atom is 0.272 e. The van der Waals surface area contributed by atoms with Crippen LogP contribution in [0.4, 0.5) is 5.69 Å². The Morgan fingerprint density at radius 1 is 1.17 bits per heavy atom. The lowest BCUT2D eigenvalue weighted by Crippen LogP contribution is -2.55. The highest BCUT2D eigenvalue weighted by Gasteiger charge is 2.41. The van der Waals surface area contributed by atoms with Crippen LogP contribution in [0.1, 0.15) is 51.0 Å². The minimum absolute atomic E-state index is 0.0443. The zero-order valence-electron chi connectivity index (χ0n) is 15.3. The number of anilines is 1. The number of amides is 1. The molecule has 0 aliphatic carbocycles. The molecular formula is C19H29N3O2. The number of carbonyl (C=O) groups excluding carboxylic acids is 1. The van der Waals surface area contributed by atoms with Crippen molar-refractivity contribution in [3.8, 4) is 0 Å². The van der Waals surface area contributed by atoms with Gasteiger partial charge in [0.05, 0.1) is 13.2 Å². The molecule has 0 unspecified atom stereocenters. The molecule has 1 aromatic rings. The molecule has 2 aliphatic rings. The highest BCUT2D eigenvalue weighted by Crippen LogP contribution is 2.38. The van der Waals surface area contributed by atoms with E-state index in [1.165, 1.54) is 0 Å². The molecule has 1 aromatic heterocycles. The molecule has 2 saturated heterocycles. The molecule has 2 fully saturated rings. The predicted molar refractivity (Wildman–Crippen MR) is 95.4 cm³/mol. The van der Waals surface area contributed by atoms with Gasteiger partial charge in [-0.25, -0.2) is 0 Å². The molecule has 0 radical (unpaired) electrons. The van der Waals surface area contributed by atoms with Gasteiger partial charge in [0.1, 0.15) is 5.69 Å². The Labute approximate surface area is 145 Å². The first-order chi connectivity index (χ1) is 11.3. The van der Waals surface area contributed by atoms with Gasteiger partial charge < -0.3 is 14.5 Å². The van der Waals surface area contributed by atoms with Gasteiger partial charge >= 0.3 is 0 Å². The second-order valence-electron chi connectivity index (χ2n) is 8.37. The Morgan fingerprint density at radius 2 is 1.88 bits per heavy atom. The van der Waals surface area contributed by atoms with Gasteiger partial charge in [0.25, 0.3) is 5.91 Å². The molecule has 1 amide bonds. The maximum absolute atomic E-state index is 13.2. The zero-order valence-corrected chi connectivity index (χ0v) is 15.3. The highest BCUT2D eigenvalue weighted by atomic mass is 16.5. The summed E-state index contributed by atoms with van der Waals surface area (Å²) in [6.07, 6.45) is 3.92. The van der Waals surface area contributed by atoms with Crippen LogP contribution in [0.2, 0.25) is 0 Å². The summed E-state index contributed by atoms with van der Waals surface area (Å²) in [5, 5.41) is 0. The smallest absolute Gasteiger partial charge is 0.272 e. The number of morpholine rings is 1. The van der Waals surface area contributed by atoms with Crippen molar-refractivity contribution in [3.63, 3.8) is 0 Å². The van der Waals surface area contributed by atoms with Gasteiger partial charge in [-0.2, -0.15) is 0 Å². The molecule has 0 spiro atoms. The fraction of sp³-hybridized carbons (Fsp3) is 0.684. The Bertz CT molecular complexity index is 606. The normalized spacial score (nSPS) is 23.2. The molecule has 2 aliphatic heterocycles. The van der Waals surface area contributed by atoms with Crippen molar-refractivity contribution >= 4 is 11.6 Å². The second-order valence-corrected chi connectivity index (χ2v) is 8.37. The van der Waals surface area contributed by atoms with Crippen molar-refractivity contribution in [1.82, 2.24) is 9.88 Å². The van der Waals surface area contributed by atoms with Crippen LogP contribution in [0.3, 0.4) is 0 Å². The second kappa shape index (κ2) is 6.36. The minimum atomic E-state index is -0.122. The molecule has 3 heterocycles. The summed E-state index contributed by atoms with van der Waals surface area (Å²) in [4.78, 5) is 21.8. The van der Waals surface area contributed by atoms with E-state index in [0.717, 1.165) is 51.4 Å². The summed E-state index contributed by atoms with van der Waals surface area (Å²) < 4.78 is 5.41. The van der Waals surface area contributed by atoms with E-state index in [2.05, 4.69) is 37.6 Å². The van der Waals surface area contributed by atoms with Crippen LogP contribution in [0, 0.1) is 5.41 Å². The first-order valence-electron chi connectivity index (χ1n) is 8.89. The van der Waals surface area contributed by atoms with E-state index in [4.69, 9.17) is 4.74 Å². The Morgan fingerprint density at radius 3 is 2.58 bits per heavy atom. The quantitative estimate of drug-likeness (QED) is 0.836. The van der Waals surface area contributed by atoms with E-state index in [1.54, 1.807) is 6.20 Å². The Balaban J connectivity index is 1.83. The Kier molecular flexibility index (Phi) is 4.56. The Hall–Kier alpha value is -1.62. The zero-order chi connectivity index (χ0) is 17.4. The third-order valence-electron chi connectivity index (χ3n) is 5.31. The summed E-state index contributed by atoms with van der Waals surface area (Å²) in [6, 6.07) is 3.92. The molecule has 5 heteroatoms. The van der Waals surface area contributed by atoms with Gasteiger partial charge in [-0.3, -0.25) is 9.78 Å². The number of likely N-dealkylation sites (tertiary alicyclic amines) is 1. The van der Waals surface area contributed by atoms with E-state index >= 15 is 0 Å². The molecular weight excluding hydrogens is 302 g/mol. The largest absolute Gasteiger partial charge is 0.378 e. The van der Waals surface area contributed by atoms with Crippen molar-refractivity contribution in [1.29, 1.82) is 0 Å². The van der Waals surface area contributed by atoms with Gasteiger partial charge in [-0.05, 0) is 44.2 Å². The maximum atomic E-state index is 13.2. The average Bonchev–Trinajstić information content (AvgIpc) is 2.58. The van der Waals surface area contributed by atoms with Gasteiger partial charge in [0.2, 0.25) is 0 Å². The van der Waals surface area contributed by atoms with E-state index in [9.17, 15) is 4.79 Å². The van der Waals surface area contributed by atoms with E-state index < -0.39 is 0 Å². The number of hydrogen-bond donors (Lipinski definition) is 0. The SMILES string of the molecule is CC1(C)CCC(C)(C)N(C(=O)c2cc(N3CCOCC3)ccn2)C1. The van der Waals surface area contributed by atoms with Crippen molar-refractivity contribution < 1.29 is 9.53 Å². The van der Waals surface area contributed by atoms with Gasteiger partial charge in [-0.1, -0.05) is 13.8 Å². The third-order valence-corrected chi connectivity index (χ3v) is 5.31. The molecule has 3 rings (SSSR count). The topological polar surface area (TPSA) is 45.7 Å². The molecule has 0 aromatic carbocycles. The number of carbonyl (C=O) groups is 1. The van der Waals surface area contributed by atoms with Crippen LogP contribution < -0.4 is 4.90 Å². The van der Waals surface area contributed by atoms with Crippen molar-refractivity contribution in [3.05, 3.63) is 24.0 Å². The molecule has 24 heavy (non-hydrogen) atoms. The number of aromatic nitrogens is 1. The van der Waals surface area contributed by atoms with E-state index in [-0.39, 0.29) is 16.9 Å². The molecule has 5 nitrogen and oxygen atoms in total. The number of nitrogens with zero attached hydrogens (tertiary/aromatic N) is 3. The minimum Gasteiger partial charge on any atom is -0.378 e. The van der Waals surface area contributed by atoms with Crippen LogP contribution >= 0.6 is 0 Å². The lowest BCUT2D eigenvalue weighted by atomic mass is 9.76. The number of ether oxygens (including phenoxy) is 1. The molecule has 0 N–H and O–H groups in total. The molecule has 0 saturated carbocycles. The summed E-state index contributed by atoms with van der Waals surface area (Å²) in [7, 11) is 0. The van der Waals surface area contributed by atoms with Gasteiger partial charge in [-0.15, -0.1) is 0 Å². The standard InChI is InChI=1S/C19H29N3O2/c1-18(2)6-7-19(3,4)22(14-18)17(23)16-13-15(5-8-20-16)21-9-11-24-12-10-21/h5,8,13H,6-7,9-12,14H2,1-4H3. The van der Waals surface area contributed by atoms with Crippen LogP contribution in [-0.4, -0.2) is 54.2 Å². The van der Waals surface area contributed by atoms with Crippen LogP contribution in [0.5, 0.6) is 0 Å². The molecule has 0 bridgehead atoms. The van der Waals surface area contributed by atoms with Crippen LogP contribution in [0.15, 0.2) is 18.3 Å². The van der Waals surface area contributed by atoms with Crippen molar-refractivity contribution in [2.45, 2.75) is 46.1 Å². The van der Waals surface area contributed by atoms with Crippen LogP contribution in [-0.2, 0) is 4.74 Å². The predicted octanol–water partition coefficient (Wildman–Crippen LogP) is 2.96. The molecule has 0 atom stereocenters.